The van der Waals surface area contributed by atoms with Gasteiger partial charge in [0, 0.05) is 30.1 Å². The van der Waals surface area contributed by atoms with E-state index >= 15 is 0 Å². The molecule has 8 nitrogen and oxygen atoms in total. The summed E-state index contributed by atoms with van der Waals surface area (Å²) >= 11 is 1.24. The van der Waals surface area contributed by atoms with Crippen LogP contribution in [-0.4, -0.2) is 54.7 Å². The highest BCUT2D eigenvalue weighted by atomic mass is 32.1. The van der Waals surface area contributed by atoms with Gasteiger partial charge in [0.1, 0.15) is 18.3 Å². The molecule has 1 aliphatic carbocycles. The molecule has 12 heteroatoms. The van der Waals surface area contributed by atoms with Crippen LogP contribution in [0.3, 0.4) is 0 Å². The molecule has 1 saturated carbocycles. The zero-order valence-electron chi connectivity index (χ0n) is 19.5. The Bertz CT molecular complexity index is 1120. The van der Waals surface area contributed by atoms with Crippen LogP contribution >= 0.6 is 11.3 Å². The number of pyridine rings is 1. The van der Waals surface area contributed by atoms with Crippen LogP contribution in [0.4, 0.5) is 18.9 Å². The van der Waals surface area contributed by atoms with Crippen LogP contribution in [0.1, 0.15) is 52.2 Å². The molecule has 0 bridgehead atoms. The van der Waals surface area contributed by atoms with Gasteiger partial charge in [0.15, 0.2) is 0 Å². The highest BCUT2D eigenvalue weighted by molar-refractivity contribution is 7.14. The lowest BCUT2D eigenvalue weighted by Crippen LogP contribution is -2.48. The maximum Gasteiger partial charge on any atom is 0.417 e. The Morgan fingerprint density at radius 1 is 1.22 bits per heavy atom. The number of hydrogen-bond donors (Lipinski definition) is 2. The first kappa shape index (κ1) is 24.8. The first-order chi connectivity index (χ1) is 17.3. The van der Waals surface area contributed by atoms with Crippen molar-refractivity contribution in [2.75, 3.05) is 24.7 Å². The number of nitrogens with zero attached hydrogens (tertiary/aromatic N) is 2. The van der Waals surface area contributed by atoms with Crippen LogP contribution in [0.25, 0.3) is 0 Å². The molecule has 0 spiro atoms. The average Bonchev–Trinajstić information content (AvgIpc) is 3.29. The topological polar surface area (TPSA) is 92.8 Å². The minimum absolute atomic E-state index is 0.0595. The summed E-state index contributed by atoms with van der Waals surface area (Å²) in [5, 5.41) is 5.82. The summed E-state index contributed by atoms with van der Waals surface area (Å²) in [5.41, 5.74) is -0.575. The number of halogens is 3. The molecule has 2 N–H and O–H groups in total. The Morgan fingerprint density at radius 2 is 2.06 bits per heavy atom. The molecular formula is C24H27F3N4O4S. The van der Waals surface area contributed by atoms with E-state index in [0.717, 1.165) is 42.8 Å². The van der Waals surface area contributed by atoms with Crippen molar-refractivity contribution < 1.29 is 32.2 Å². The van der Waals surface area contributed by atoms with Crippen LogP contribution in [-0.2, 0) is 22.3 Å². The van der Waals surface area contributed by atoms with E-state index in [9.17, 15) is 22.8 Å². The fraction of sp³-hybridized carbons (Fsp3) is 0.542. The second kappa shape index (κ2) is 10.3. The molecule has 5 rings (SSSR count). The SMILES string of the molecule is O=C(N[C@@H](CC1CCCO1)C(=O)NC1CC1)c1ccc(CN2CCOc3ncc(C(F)(F)F)cc32)s1. The summed E-state index contributed by atoms with van der Waals surface area (Å²) in [6.45, 7) is 1.65. The monoisotopic (exact) mass is 524 g/mol. The largest absolute Gasteiger partial charge is 0.474 e. The van der Waals surface area contributed by atoms with Crippen molar-refractivity contribution in [1.29, 1.82) is 0 Å². The maximum absolute atomic E-state index is 13.2. The summed E-state index contributed by atoms with van der Waals surface area (Å²) < 4.78 is 50.7. The number of carbonyl (C=O) groups excluding carboxylic acids is 2. The molecule has 1 saturated heterocycles. The van der Waals surface area contributed by atoms with Crippen molar-refractivity contribution in [2.24, 2.45) is 0 Å². The average molecular weight is 525 g/mol. The first-order valence-corrected chi connectivity index (χ1v) is 12.8. The minimum atomic E-state index is -4.51. The van der Waals surface area contributed by atoms with Gasteiger partial charge in [-0.2, -0.15) is 13.2 Å². The van der Waals surface area contributed by atoms with Crippen LogP contribution in [0, 0.1) is 0 Å². The number of ether oxygens (including phenoxy) is 2. The van der Waals surface area contributed by atoms with Crippen molar-refractivity contribution in [1.82, 2.24) is 15.6 Å². The van der Waals surface area contributed by atoms with Gasteiger partial charge < -0.3 is 25.0 Å². The molecule has 2 fully saturated rings. The molecule has 194 valence electrons. The van der Waals surface area contributed by atoms with Gasteiger partial charge in [0.25, 0.3) is 5.91 Å². The van der Waals surface area contributed by atoms with Gasteiger partial charge in [-0.15, -0.1) is 11.3 Å². The van der Waals surface area contributed by atoms with Crippen molar-refractivity contribution in [2.45, 2.75) is 63.0 Å². The summed E-state index contributed by atoms with van der Waals surface area (Å²) in [6.07, 6.45) is 0.314. The zero-order chi connectivity index (χ0) is 25.3. The van der Waals surface area contributed by atoms with E-state index in [2.05, 4.69) is 15.6 Å². The van der Waals surface area contributed by atoms with Gasteiger partial charge >= 0.3 is 6.18 Å². The Kier molecular flexibility index (Phi) is 7.07. The number of alkyl halides is 3. The molecule has 1 unspecified atom stereocenters. The quantitative estimate of drug-likeness (QED) is 0.549. The molecule has 2 aromatic rings. The number of thiophene rings is 1. The molecule has 0 aromatic carbocycles. The highest BCUT2D eigenvalue weighted by Crippen LogP contribution is 2.37. The highest BCUT2D eigenvalue weighted by Gasteiger charge is 2.34. The van der Waals surface area contributed by atoms with Crippen molar-refractivity contribution in [3.63, 3.8) is 0 Å². The zero-order valence-corrected chi connectivity index (χ0v) is 20.3. The number of rotatable bonds is 8. The molecule has 2 aromatic heterocycles. The van der Waals surface area contributed by atoms with E-state index in [1.165, 1.54) is 11.3 Å². The van der Waals surface area contributed by atoms with Crippen molar-refractivity contribution in [3.8, 4) is 5.88 Å². The smallest absolute Gasteiger partial charge is 0.417 e. The van der Waals surface area contributed by atoms with Crippen LogP contribution in [0.5, 0.6) is 5.88 Å². The fourth-order valence-electron chi connectivity index (χ4n) is 4.33. The van der Waals surface area contributed by atoms with Crippen LogP contribution in [0.2, 0.25) is 0 Å². The second-order valence-corrected chi connectivity index (χ2v) is 10.4. The Morgan fingerprint density at radius 3 is 2.78 bits per heavy atom. The maximum atomic E-state index is 13.2. The third-order valence-corrected chi connectivity index (χ3v) is 7.47. The molecule has 0 radical (unpaired) electrons. The lowest BCUT2D eigenvalue weighted by Gasteiger charge is -2.30. The van der Waals surface area contributed by atoms with E-state index in [1.807, 2.05) is 0 Å². The third kappa shape index (κ3) is 5.92. The van der Waals surface area contributed by atoms with Gasteiger partial charge in [-0.3, -0.25) is 9.59 Å². The summed E-state index contributed by atoms with van der Waals surface area (Å²) in [6, 6.07) is 3.97. The van der Waals surface area contributed by atoms with Crippen molar-refractivity contribution in [3.05, 3.63) is 39.7 Å². The van der Waals surface area contributed by atoms with E-state index in [0.29, 0.717) is 37.6 Å². The molecule has 2 amide bonds. The lowest BCUT2D eigenvalue weighted by molar-refractivity contribution is -0.137. The minimum Gasteiger partial charge on any atom is -0.474 e. The number of fused-ring (bicyclic) bond motifs is 1. The van der Waals surface area contributed by atoms with Crippen LogP contribution in [0.15, 0.2) is 24.4 Å². The molecule has 2 aliphatic heterocycles. The molecule has 36 heavy (non-hydrogen) atoms. The summed E-state index contributed by atoms with van der Waals surface area (Å²) in [4.78, 5) is 32.6. The molecule has 3 aliphatic rings. The normalized spacial score (nSPS) is 20.4. The third-order valence-electron chi connectivity index (χ3n) is 6.40. The number of anilines is 1. The number of carbonyl (C=O) groups is 2. The molecular weight excluding hydrogens is 497 g/mol. The lowest BCUT2D eigenvalue weighted by atomic mass is 10.1. The molecule has 2 atom stereocenters. The number of amides is 2. The van der Waals surface area contributed by atoms with Gasteiger partial charge in [-0.05, 0) is 43.9 Å². The van der Waals surface area contributed by atoms with Gasteiger partial charge in [-0.25, -0.2) is 4.98 Å². The van der Waals surface area contributed by atoms with E-state index in [4.69, 9.17) is 9.47 Å². The predicted octanol–water partition coefficient (Wildman–Crippen LogP) is 3.51. The van der Waals surface area contributed by atoms with Gasteiger partial charge in [0.05, 0.1) is 29.6 Å². The number of hydrogen-bond acceptors (Lipinski definition) is 7. The number of nitrogens with one attached hydrogen (secondary N) is 2. The van der Waals surface area contributed by atoms with E-state index in [1.54, 1.807) is 17.0 Å². The first-order valence-electron chi connectivity index (χ1n) is 12.0. The van der Waals surface area contributed by atoms with E-state index in [-0.39, 0.29) is 35.5 Å². The second-order valence-electron chi connectivity index (χ2n) is 9.26. The Hall–Kier alpha value is -2.86. The molecule has 4 heterocycles. The summed E-state index contributed by atoms with van der Waals surface area (Å²) in [5.74, 6) is -0.401. The van der Waals surface area contributed by atoms with Crippen molar-refractivity contribution >= 4 is 28.8 Å². The standard InChI is InChI=1S/C24H27F3N4O4S/c25-24(26,27)14-10-19-23(28-12-14)35-9-7-31(19)13-17-5-6-20(36-17)22(33)30-18(11-16-2-1-8-34-16)21(32)29-15-3-4-15/h5-6,10,12,15-16,18H,1-4,7-9,11,13H2,(H,29,32)(H,30,33)/t16?,18-/m0/s1. The number of aromatic nitrogens is 1. The fourth-order valence-corrected chi connectivity index (χ4v) is 5.25. The Labute approximate surface area is 210 Å². The Balaban J connectivity index is 1.26. The van der Waals surface area contributed by atoms with E-state index < -0.39 is 17.8 Å². The summed E-state index contributed by atoms with van der Waals surface area (Å²) in [7, 11) is 0. The van der Waals surface area contributed by atoms with Gasteiger partial charge in [-0.1, -0.05) is 0 Å². The van der Waals surface area contributed by atoms with Crippen LogP contribution < -0.4 is 20.3 Å². The van der Waals surface area contributed by atoms with Gasteiger partial charge in [0.2, 0.25) is 11.8 Å². The predicted molar refractivity (Wildman–Crippen MR) is 126 cm³/mol.